The summed E-state index contributed by atoms with van der Waals surface area (Å²) >= 11 is 1.16. The van der Waals surface area contributed by atoms with Gasteiger partial charge in [0.25, 0.3) is 0 Å². The summed E-state index contributed by atoms with van der Waals surface area (Å²) in [5.41, 5.74) is 1.32. The van der Waals surface area contributed by atoms with E-state index in [1.807, 2.05) is 12.2 Å². The Morgan fingerprint density at radius 2 is 1.77 bits per heavy atom. The van der Waals surface area contributed by atoms with Gasteiger partial charge >= 0.3 is 11.9 Å². The number of aliphatic carboxylic acids is 1. The Labute approximate surface area is 182 Å². The molecule has 0 aliphatic heterocycles. The minimum absolute atomic E-state index is 0.131. The van der Waals surface area contributed by atoms with E-state index in [1.165, 1.54) is 12.1 Å². The largest absolute Gasteiger partial charge is 0.481 e. The Morgan fingerprint density at radius 1 is 1.13 bits per heavy atom. The first-order chi connectivity index (χ1) is 14.8. The summed E-state index contributed by atoms with van der Waals surface area (Å²) in [6.45, 7) is 3.44. The fourth-order valence-corrected chi connectivity index (χ4v) is 5.44. The Hall–Kier alpha value is -3.00. The number of amides is 1. The van der Waals surface area contributed by atoms with Crippen LogP contribution in [0.1, 0.15) is 30.6 Å². The highest BCUT2D eigenvalue weighted by atomic mass is 32.1. The molecule has 0 unspecified atom stereocenters. The van der Waals surface area contributed by atoms with Crippen LogP contribution in [0.2, 0.25) is 0 Å². The third-order valence-corrected chi connectivity index (χ3v) is 6.67. The van der Waals surface area contributed by atoms with Gasteiger partial charge in [0, 0.05) is 10.9 Å². The van der Waals surface area contributed by atoms with Crippen LogP contribution in [0.5, 0.6) is 0 Å². The molecule has 2 aliphatic carbocycles. The van der Waals surface area contributed by atoms with E-state index in [4.69, 9.17) is 4.74 Å². The first kappa shape index (κ1) is 21.2. The molecule has 31 heavy (non-hydrogen) atoms. The summed E-state index contributed by atoms with van der Waals surface area (Å²) in [6.07, 6.45) is 4.05. The molecule has 1 fully saturated rings. The van der Waals surface area contributed by atoms with Crippen molar-refractivity contribution in [3.05, 3.63) is 53.2 Å². The van der Waals surface area contributed by atoms with Crippen molar-refractivity contribution in [2.45, 2.75) is 26.4 Å². The Morgan fingerprint density at radius 3 is 2.39 bits per heavy atom. The summed E-state index contributed by atoms with van der Waals surface area (Å²) in [7, 11) is 0. The quantitative estimate of drug-likeness (QED) is 0.504. The average molecular weight is 443 g/mol. The van der Waals surface area contributed by atoms with E-state index in [1.54, 1.807) is 31.4 Å². The molecule has 6 nitrogen and oxygen atoms in total. The van der Waals surface area contributed by atoms with E-state index in [9.17, 15) is 23.9 Å². The molecule has 162 valence electrons. The third kappa shape index (κ3) is 3.99. The zero-order chi connectivity index (χ0) is 22.3. The Kier molecular flexibility index (Phi) is 5.66. The van der Waals surface area contributed by atoms with Crippen LogP contribution < -0.4 is 5.32 Å². The van der Waals surface area contributed by atoms with Gasteiger partial charge in [0.2, 0.25) is 5.91 Å². The number of halogens is 1. The number of hydrogen-bond acceptors (Lipinski definition) is 5. The number of carboxylic acid groups (broad SMARTS) is 1. The van der Waals surface area contributed by atoms with E-state index < -0.39 is 35.5 Å². The van der Waals surface area contributed by atoms with Crippen molar-refractivity contribution >= 4 is 34.2 Å². The molecular weight excluding hydrogens is 421 g/mol. The number of ether oxygens (including phenoxy) is 1. The van der Waals surface area contributed by atoms with Crippen LogP contribution in [-0.4, -0.2) is 29.1 Å². The molecule has 1 aromatic heterocycles. The summed E-state index contributed by atoms with van der Waals surface area (Å²) in [6, 6.07) is 5.69. The Balaban J connectivity index is 1.67. The van der Waals surface area contributed by atoms with Gasteiger partial charge in [-0.2, -0.15) is 0 Å². The van der Waals surface area contributed by atoms with Crippen molar-refractivity contribution in [2.24, 2.45) is 23.7 Å². The maximum absolute atomic E-state index is 13.4. The number of thiophene rings is 1. The minimum Gasteiger partial charge on any atom is -0.481 e. The molecule has 0 saturated heterocycles. The molecule has 0 radical (unpaired) electrons. The van der Waals surface area contributed by atoms with Crippen molar-refractivity contribution in [1.29, 1.82) is 0 Å². The van der Waals surface area contributed by atoms with E-state index >= 15 is 0 Å². The third-order valence-electron chi connectivity index (χ3n) is 5.78. The first-order valence-corrected chi connectivity index (χ1v) is 10.9. The van der Waals surface area contributed by atoms with Crippen molar-refractivity contribution < 1.29 is 28.6 Å². The van der Waals surface area contributed by atoms with Gasteiger partial charge in [-0.05, 0) is 49.8 Å². The number of nitrogens with one attached hydrogen (secondary N) is 1. The molecular formula is C23H22FNO5S. The lowest BCUT2D eigenvalue weighted by atomic mass is 9.82. The van der Waals surface area contributed by atoms with Gasteiger partial charge < -0.3 is 15.2 Å². The van der Waals surface area contributed by atoms with Crippen LogP contribution in [0.25, 0.3) is 11.1 Å². The zero-order valence-corrected chi connectivity index (χ0v) is 17.8. The number of benzene rings is 1. The first-order valence-electron chi connectivity index (χ1n) is 10.1. The number of carbonyl (C=O) groups excluding carboxylic acids is 2. The van der Waals surface area contributed by atoms with Gasteiger partial charge in [-0.1, -0.05) is 24.3 Å². The van der Waals surface area contributed by atoms with Crippen molar-refractivity contribution in [1.82, 2.24) is 0 Å². The molecule has 1 aromatic carbocycles. The molecule has 1 heterocycles. The van der Waals surface area contributed by atoms with Crippen LogP contribution in [0.4, 0.5) is 9.39 Å². The molecule has 1 saturated carbocycles. The fourth-order valence-electron chi connectivity index (χ4n) is 4.48. The molecule has 2 aromatic rings. The number of fused-ring (bicyclic) bond motifs is 2. The number of allylic oxidation sites excluding steroid dienone is 2. The molecule has 4 rings (SSSR count). The van der Waals surface area contributed by atoms with Gasteiger partial charge in [0.05, 0.1) is 17.9 Å². The predicted octanol–water partition coefficient (Wildman–Crippen LogP) is 4.58. The normalized spacial score (nSPS) is 23.9. The molecule has 0 spiro atoms. The number of carbonyl (C=O) groups is 3. The van der Waals surface area contributed by atoms with Crippen molar-refractivity contribution in [3.63, 3.8) is 0 Å². The molecule has 2 aliphatic rings. The lowest BCUT2D eigenvalue weighted by Gasteiger charge is -2.23. The summed E-state index contributed by atoms with van der Waals surface area (Å²) in [5, 5.41) is 14.4. The molecule has 1 amide bonds. The summed E-state index contributed by atoms with van der Waals surface area (Å²) in [4.78, 5) is 37.7. The van der Waals surface area contributed by atoms with E-state index in [-0.39, 0.29) is 23.5 Å². The monoisotopic (exact) mass is 443 g/mol. The van der Waals surface area contributed by atoms with Crippen LogP contribution >= 0.6 is 11.3 Å². The average Bonchev–Trinajstić information content (AvgIpc) is 3.42. The van der Waals surface area contributed by atoms with Crippen molar-refractivity contribution in [2.75, 3.05) is 5.32 Å². The minimum atomic E-state index is -0.991. The second kappa shape index (κ2) is 8.26. The second-order valence-corrected chi connectivity index (χ2v) is 9.02. The SMILES string of the molecule is CC(C)OC(=O)c1c(-c2ccc(F)cc2)csc1NC(=O)[C@H]1[C@@H](C(=O)O)[C@H]2C=C[C@@H]1C2. The molecule has 4 atom stereocenters. The predicted molar refractivity (Wildman–Crippen MR) is 114 cm³/mol. The van der Waals surface area contributed by atoms with Crippen LogP contribution in [0.15, 0.2) is 41.8 Å². The lowest BCUT2D eigenvalue weighted by molar-refractivity contribution is -0.146. The molecule has 2 bridgehead atoms. The number of anilines is 1. The highest BCUT2D eigenvalue weighted by Gasteiger charge is 2.51. The van der Waals surface area contributed by atoms with Gasteiger partial charge in [-0.15, -0.1) is 11.3 Å². The number of carboxylic acids is 1. The standard InChI is InChI=1S/C23H22FNO5S/c1-11(2)30-23(29)19-16(12-5-7-15(24)8-6-12)10-31-21(19)25-20(26)17-13-3-4-14(9-13)18(17)22(27)28/h3-8,10-11,13-14,17-18H,9H2,1-2H3,(H,25,26)(H,27,28)/t13-,14+,17-,18+/m1/s1. The molecule has 2 N–H and O–H groups in total. The second-order valence-electron chi connectivity index (χ2n) is 8.14. The number of esters is 1. The Bertz CT molecular complexity index is 1060. The topological polar surface area (TPSA) is 92.7 Å². The van der Waals surface area contributed by atoms with Gasteiger partial charge in [-0.25, -0.2) is 9.18 Å². The van der Waals surface area contributed by atoms with Gasteiger partial charge in [0.15, 0.2) is 0 Å². The van der Waals surface area contributed by atoms with E-state index in [2.05, 4.69) is 5.32 Å². The highest BCUT2D eigenvalue weighted by Crippen LogP contribution is 2.49. The maximum atomic E-state index is 13.4. The van der Waals surface area contributed by atoms with E-state index in [0.717, 1.165) is 11.3 Å². The summed E-state index contributed by atoms with van der Waals surface area (Å²) in [5.74, 6) is -4.17. The zero-order valence-electron chi connectivity index (χ0n) is 17.0. The highest BCUT2D eigenvalue weighted by molar-refractivity contribution is 7.15. The molecule has 8 heteroatoms. The van der Waals surface area contributed by atoms with Crippen LogP contribution in [-0.2, 0) is 14.3 Å². The van der Waals surface area contributed by atoms with Gasteiger partial charge in [0.1, 0.15) is 16.4 Å². The van der Waals surface area contributed by atoms with Crippen LogP contribution in [0.3, 0.4) is 0 Å². The maximum Gasteiger partial charge on any atom is 0.342 e. The lowest BCUT2D eigenvalue weighted by Crippen LogP contribution is -2.36. The number of hydrogen-bond donors (Lipinski definition) is 2. The van der Waals surface area contributed by atoms with Gasteiger partial charge in [-0.3, -0.25) is 9.59 Å². The smallest absolute Gasteiger partial charge is 0.342 e. The summed E-state index contributed by atoms with van der Waals surface area (Å²) < 4.78 is 18.7. The van der Waals surface area contributed by atoms with Crippen molar-refractivity contribution in [3.8, 4) is 11.1 Å². The van der Waals surface area contributed by atoms with Crippen LogP contribution in [0, 0.1) is 29.5 Å². The number of rotatable bonds is 6. The van der Waals surface area contributed by atoms with E-state index in [0.29, 0.717) is 22.5 Å². The fraction of sp³-hybridized carbons (Fsp3) is 0.348.